The molecule has 1 aliphatic carbocycles. The number of halogens is 2. The molecule has 0 aliphatic heterocycles. The zero-order valence-corrected chi connectivity index (χ0v) is 12.3. The van der Waals surface area contributed by atoms with Crippen LogP contribution in [-0.4, -0.2) is 35.0 Å². The lowest BCUT2D eigenvalue weighted by Crippen LogP contribution is -2.38. The van der Waals surface area contributed by atoms with Crippen LogP contribution in [0.3, 0.4) is 0 Å². The minimum Gasteiger partial charge on any atom is -0.480 e. The highest BCUT2D eigenvalue weighted by molar-refractivity contribution is 6.36. The summed E-state index contributed by atoms with van der Waals surface area (Å²) >= 11 is 12.1. The lowest BCUT2D eigenvalue weighted by atomic mass is 10.1. The van der Waals surface area contributed by atoms with Crippen LogP contribution >= 0.6 is 23.2 Å². The summed E-state index contributed by atoms with van der Waals surface area (Å²) in [5.74, 6) is -0.835. The molecule has 1 aromatic rings. The molecule has 0 saturated heterocycles. The second-order valence-electron chi connectivity index (χ2n) is 4.99. The van der Waals surface area contributed by atoms with E-state index in [0.717, 1.165) is 12.8 Å². The van der Waals surface area contributed by atoms with Crippen LogP contribution in [0.25, 0.3) is 0 Å². The van der Waals surface area contributed by atoms with E-state index in [1.54, 1.807) is 18.2 Å². The molecular formula is C14H15Cl2NO3. The molecule has 0 unspecified atom stereocenters. The number of amides is 1. The first kappa shape index (κ1) is 15.1. The Labute approximate surface area is 127 Å². The average molecular weight is 316 g/mol. The van der Waals surface area contributed by atoms with Gasteiger partial charge in [0.25, 0.3) is 0 Å². The predicted octanol–water partition coefficient (Wildman–Crippen LogP) is 2.86. The number of nitrogens with zero attached hydrogens (tertiary/aromatic N) is 1. The van der Waals surface area contributed by atoms with Gasteiger partial charge < -0.3 is 10.0 Å². The van der Waals surface area contributed by atoms with Gasteiger partial charge in [0.2, 0.25) is 5.91 Å². The van der Waals surface area contributed by atoms with Gasteiger partial charge in [0.1, 0.15) is 6.54 Å². The molecule has 1 aliphatic rings. The number of carboxylic acid groups (broad SMARTS) is 1. The number of carbonyl (C=O) groups excluding carboxylic acids is 1. The number of carboxylic acids is 1. The monoisotopic (exact) mass is 315 g/mol. The van der Waals surface area contributed by atoms with Crippen LogP contribution in [0.1, 0.15) is 18.4 Å². The maximum absolute atomic E-state index is 12.3. The van der Waals surface area contributed by atoms with Gasteiger partial charge in [-0.15, -0.1) is 0 Å². The predicted molar refractivity (Wildman–Crippen MR) is 77.1 cm³/mol. The van der Waals surface area contributed by atoms with Crippen molar-refractivity contribution in [2.75, 3.05) is 13.1 Å². The molecule has 0 heterocycles. The van der Waals surface area contributed by atoms with E-state index in [9.17, 15) is 9.59 Å². The quantitative estimate of drug-likeness (QED) is 0.878. The summed E-state index contributed by atoms with van der Waals surface area (Å²) in [6.07, 6.45) is 2.13. The van der Waals surface area contributed by atoms with E-state index < -0.39 is 5.97 Å². The number of hydrogen-bond donors (Lipinski definition) is 1. The van der Waals surface area contributed by atoms with Gasteiger partial charge in [0, 0.05) is 16.6 Å². The van der Waals surface area contributed by atoms with Crippen molar-refractivity contribution in [1.29, 1.82) is 0 Å². The van der Waals surface area contributed by atoms with Crippen molar-refractivity contribution in [3.8, 4) is 0 Å². The molecule has 0 aromatic heterocycles. The fourth-order valence-corrected chi connectivity index (χ4v) is 2.53. The van der Waals surface area contributed by atoms with Gasteiger partial charge >= 0.3 is 5.97 Å². The maximum atomic E-state index is 12.3. The maximum Gasteiger partial charge on any atom is 0.323 e. The van der Waals surface area contributed by atoms with Gasteiger partial charge in [-0.3, -0.25) is 9.59 Å². The van der Waals surface area contributed by atoms with Crippen molar-refractivity contribution < 1.29 is 14.7 Å². The molecule has 0 radical (unpaired) electrons. The van der Waals surface area contributed by atoms with Crippen LogP contribution in [0.15, 0.2) is 18.2 Å². The van der Waals surface area contributed by atoms with Crippen molar-refractivity contribution in [3.05, 3.63) is 33.8 Å². The molecule has 6 heteroatoms. The summed E-state index contributed by atoms with van der Waals surface area (Å²) in [7, 11) is 0. The molecule has 4 nitrogen and oxygen atoms in total. The summed E-state index contributed by atoms with van der Waals surface area (Å²) in [6.45, 7) is 0.213. The van der Waals surface area contributed by atoms with Crippen molar-refractivity contribution in [2.24, 2.45) is 5.92 Å². The molecule has 1 amide bonds. The topological polar surface area (TPSA) is 57.6 Å². The third-order valence-electron chi connectivity index (χ3n) is 3.24. The Kier molecular flexibility index (Phi) is 4.89. The Balaban J connectivity index is 2.08. The first-order valence-electron chi connectivity index (χ1n) is 6.40. The third kappa shape index (κ3) is 4.12. The van der Waals surface area contributed by atoms with Gasteiger partial charge in [-0.05, 0) is 36.5 Å². The molecule has 0 bridgehead atoms. The van der Waals surface area contributed by atoms with Gasteiger partial charge in [-0.1, -0.05) is 29.3 Å². The summed E-state index contributed by atoms with van der Waals surface area (Å²) in [4.78, 5) is 24.5. The second kappa shape index (κ2) is 6.46. The minimum atomic E-state index is -1.01. The molecule has 1 aromatic carbocycles. The fraction of sp³-hybridized carbons (Fsp3) is 0.429. The zero-order chi connectivity index (χ0) is 14.7. The lowest BCUT2D eigenvalue weighted by Gasteiger charge is -2.21. The van der Waals surface area contributed by atoms with E-state index in [0.29, 0.717) is 28.1 Å². The molecule has 2 rings (SSSR count). The Morgan fingerprint density at radius 1 is 1.25 bits per heavy atom. The van der Waals surface area contributed by atoms with Crippen molar-refractivity contribution in [3.63, 3.8) is 0 Å². The van der Waals surface area contributed by atoms with E-state index in [2.05, 4.69) is 0 Å². The average Bonchev–Trinajstić information content (AvgIpc) is 3.16. The first-order valence-corrected chi connectivity index (χ1v) is 7.15. The number of carbonyl (C=O) groups is 2. The normalized spacial score (nSPS) is 14.1. The Morgan fingerprint density at radius 2 is 1.85 bits per heavy atom. The van der Waals surface area contributed by atoms with Gasteiger partial charge in [-0.2, -0.15) is 0 Å². The molecular weight excluding hydrogens is 301 g/mol. The number of benzene rings is 1. The molecule has 20 heavy (non-hydrogen) atoms. The molecule has 0 atom stereocenters. The van der Waals surface area contributed by atoms with Crippen LogP contribution in [0.4, 0.5) is 0 Å². The van der Waals surface area contributed by atoms with E-state index in [4.69, 9.17) is 28.3 Å². The Morgan fingerprint density at radius 3 is 2.35 bits per heavy atom. The smallest absolute Gasteiger partial charge is 0.323 e. The molecule has 1 saturated carbocycles. The Bertz CT molecular complexity index is 509. The van der Waals surface area contributed by atoms with Gasteiger partial charge in [0.15, 0.2) is 0 Å². The molecule has 1 N–H and O–H groups in total. The van der Waals surface area contributed by atoms with E-state index in [1.165, 1.54) is 4.90 Å². The van der Waals surface area contributed by atoms with Gasteiger partial charge in [-0.25, -0.2) is 0 Å². The van der Waals surface area contributed by atoms with Crippen LogP contribution in [-0.2, 0) is 16.0 Å². The standard InChI is InChI=1S/C14H15Cl2NO3/c15-11-2-1-3-12(16)10(11)6-13(18)17(8-14(19)20)7-9-4-5-9/h1-3,9H,4-8H2,(H,19,20). The summed E-state index contributed by atoms with van der Waals surface area (Å²) in [5.41, 5.74) is 0.548. The second-order valence-corrected chi connectivity index (χ2v) is 5.80. The van der Waals surface area contributed by atoms with Gasteiger partial charge in [0.05, 0.1) is 6.42 Å². The summed E-state index contributed by atoms with van der Waals surface area (Å²) in [6, 6.07) is 5.04. The third-order valence-corrected chi connectivity index (χ3v) is 3.95. The number of rotatable bonds is 6. The fourth-order valence-electron chi connectivity index (χ4n) is 1.99. The minimum absolute atomic E-state index is 0.0263. The highest BCUT2D eigenvalue weighted by Crippen LogP contribution is 2.30. The van der Waals surface area contributed by atoms with Crippen molar-refractivity contribution >= 4 is 35.1 Å². The van der Waals surface area contributed by atoms with Crippen molar-refractivity contribution in [1.82, 2.24) is 4.90 Å². The van der Waals surface area contributed by atoms with Crippen molar-refractivity contribution in [2.45, 2.75) is 19.3 Å². The van der Waals surface area contributed by atoms with E-state index in [-0.39, 0.29) is 18.9 Å². The highest BCUT2D eigenvalue weighted by Gasteiger charge is 2.28. The lowest BCUT2D eigenvalue weighted by molar-refractivity contribution is -0.144. The largest absolute Gasteiger partial charge is 0.480 e. The zero-order valence-electron chi connectivity index (χ0n) is 10.8. The van der Waals surface area contributed by atoms with E-state index >= 15 is 0 Å². The number of hydrogen-bond acceptors (Lipinski definition) is 2. The van der Waals surface area contributed by atoms with Crippen LogP contribution < -0.4 is 0 Å². The van der Waals surface area contributed by atoms with Crippen LogP contribution in [0.2, 0.25) is 10.0 Å². The first-order chi connectivity index (χ1) is 9.47. The Hall–Kier alpha value is -1.26. The molecule has 0 spiro atoms. The molecule has 108 valence electrons. The van der Waals surface area contributed by atoms with Crippen LogP contribution in [0.5, 0.6) is 0 Å². The summed E-state index contributed by atoms with van der Waals surface area (Å²) < 4.78 is 0. The highest BCUT2D eigenvalue weighted by atomic mass is 35.5. The molecule has 1 fully saturated rings. The van der Waals surface area contributed by atoms with Crippen LogP contribution in [0, 0.1) is 5.92 Å². The SMILES string of the molecule is O=C(O)CN(CC1CC1)C(=O)Cc1c(Cl)cccc1Cl. The summed E-state index contributed by atoms with van der Waals surface area (Å²) in [5, 5.41) is 9.74. The number of aliphatic carboxylic acids is 1. The van der Waals surface area contributed by atoms with E-state index in [1.807, 2.05) is 0 Å².